The zero-order chi connectivity index (χ0) is 18.9. The van der Waals surface area contributed by atoms with E-state index in [-0.39, 0.29) is 12.0 Å². The number of hydrogen-bond donors (Lipinski definition) is 3. The highest BCUT2D eigenvalue weighted by molar-refractivity contribution is 5.94. The van der Waals surface area contributed by atoms with E-state index >= 15 is 0 Å². The lowest BCUT2D eigenvalue weighted by atomic mass is 9.93. The van der Waals surface area contributed by atoms with Crippen molar-refractivity contribution in [1.82, 2.24) is 15.5 Å². The normalized spacial score (nSPS) is 20.5. The molecule has 0 aromatic heterocycles. The van der Waals surface area contributed by atoms with E-state index < -0.39 is 0 Å². The second-order valence-corrected chi connectivity index (χ2v) is 7.06. The van der Waals surface area contributed by atoms with Crippen LogP contribution in [0.1, 0.15) is 48.5 Å². The summed E-state index contributed by atoms with van der Waals surface area (Å²) in [4.78, 5) is 18.3. The number of aliphatic hydroxyl groups is 1. The van der Waals surface area contributed by atoms with E-state index in [1.165, 1.54) is 0 Å². The number of benzene rings is 1. The van der Waals surface area contributed by atoms with Crippen LogP contribution in [0.4, 0.5) is 0 Å². The lowest BCUT2D eigenvalue weighted by Crippen LogP contribution is -2.45. The highest BCUT2D eigenvalue weighted by Gasteiger charge is 2.19. The fourth-order valence-corrected chi connectivity index (χ4v) is 3.15. The van der Waals surface area contributed by atoms with Crippen LogP contribution in [0.2, 0.25) is 0 Å². The summed E-state index contributed by atoms with van der Waals surface area (Å²) in [6, 6.07) is 8.12. The second-order valence-electron chi connectivity index (χ2n) is 7.06. The molecule has 0 unspecified atom stereocenters. The molecule has 0 radical (unpaired) electrons. The maximum absolute atomic E-state index is 12.1. The molecule has 1 aromatic rings. The lowest BCUT2D eigenvalue weighted by molar-refractivity contribution is 0.0827. The topological polar surface area (TPSA) is 77.0 Å². The number of amides is 1. The van der Waals surface area contributed by atoms with Gasteiger partial charge in [-0.05, 0) is 56.7 Å². The van der Waals surface area contributed by atoms with Crippen molar-refractivity contribution in [3.63, 3.8) is 0 Å². The van der Waals surface area contributed by atoms with Crippen LogP contribution in [0, 0.1) is 0 Å². The van der Waals surface area contributed by atoms with E-state index in [2.05, 4.69) is 22.5 Å². The molecule has 1 amide bonds. The van der Waals surface area contributed by atoms with Crippen LogP contribution in [0.3, 0.4) is 0 Å². The van der Waals surface area contributed by atoms with E-state index in [0.717, 1.165) is 50.2 Å². The van der Waals surface area contributed by atoms with Gasteiger partial charge in [-0.25, -0.2) is 0 Å². The predicted molar refractivity (Wildman–Crippen MR) is 106 cm³/mol. The van der Waals surface area contributed by atoms with Crippen molar-refractivity contribution in [2.45, 2.75) is 51.2 Å². The van der Waals surface area contributed by atoms with Crippen LogP contribution in [0.5, 0.6) is 0 Å². The van der Waals surface area contributed by atoms with Gasteiger partial charge >= 0.3 is 0 Å². The van der Waals surface area contributed by atoms with Crippen LogP contribution in [0.25, 0.3) is 0 Å². The van der Waals surface area contributed by atoms with Gasteiger partial charge in [0.1, 0.15) is 0 Å². The van der Waals surface area contributed by atoms with Crippen molar-refractivity contribution in [1.29, 1.82) is 0 Å². The summed E-state index contributed by atoms with van der Waals surface area (Å²) in [6.45, 7) is 3.52. The van der Waals surface area contributed by atoms with Crippen molar-refractivity contribution < 1.29 is 9.90 Å². The van der Waals surface area contributed by atoms with Crippen LogP contribution >= 0.6 is 0 Å². The maximum atomic E-state index is 12.1. The fourth-order valence-electron chi connectivity index (χ4n) is 3.15. The summed E-state index contributed by atoms with van der Waals surface area (Å²) in [5, 5.41) is 16.4. The summed E-state index contributed by atoms with van der Waals surface area (Å²) in [5.41, 5.74) is 1.82. The standard InChI is InChI=1S/C20H32N4O2/c1-4-21-20(23-17-8-10-18(25)11-9-17)22-13-12-15-6-5-7-16(14-15)19(26)24(2)3/h5-7,14,17-18,25H,4,8-13H2,1-3H3,(H2,21,22,23). The van der Waals surface area contributed by atoms with Crippen LogP contribution < -0.4 is 10.6 Å². The number of hydrogen-bond acceptors (Lipinski definition) is 3. The number of nitrogens with one attached hydrogen (secondary N) is 2. The summed E-state index contributed by atoms with van der Waals surface area (Å²) in [6.07, 6.45) is 4.28. The summed E-state index contributed by atoms with van der Waals surface area (Å²) < 4.78 is 0. The number of carbonyl (C=O) groups is 1. The quantitative estimate of drug-likeness (QED) is 0.534. The van der Waals surface area contributed by atoms with Gasteiger partial charge in [-0.2, -0.15) is 0 Å². The molecule has 1 aliphatic carbocycles. The van der Waals surface area contributed by atoms with E-state index in [0.29, 0.717) is 18.2 Å². The van der Waals surface area contributed by atoms with Gasteiger partial charge in [0.05, 0.1) is 6.10 Å². The highest BCUT2D eigenvalue weighted by Crippen LogP contribution is 2.18. The van der Waals surface area contributed by atoms with Crippen LogP contribution in [-0.4, -0.2) is 61.2 Å². The Hall–Kier alpha value is -2.08. The molecule has 0 spiro atoms. The largest absolute Gasteiger partial charge is 0.393 e. The maximum Gasteiger partial charge on any atom is 0.253 e. The van der Waals surface area contributed by atoms with Gasteiger partial charge in [0, 0.05) is 38.8 Å². The third kappa shape index (κ3) is 6.33. The summed E-state index contributed by atoms with van der Waals surface area (Å²) in [7, 11) is 3.52. The number of aliphatic hydroxyl groups excluding tert-OH is 1. The molecule has 144 valence electrons. The van der Waals surface area contributed by atoms with Gasteiger partial charge in [0.25, 0.3) is 5.91 Å². The number of rotatable bonds is 6. The van der Waals surface area contributed by atoms with E-state index in [4.69, 9.17) is 0 Å². The third-order valence-corrected chi connectivity index (χ3v) is 4.63. The van der Waals surface area contributed by atoms with Gasteiger partial charge in [0.2, 0.25) is 0 Å². The average molecular weight is 361 g/mol. The molecule has 6 heteroatoms. The zero-order valence-electron chi connectivity index (χ0n) is 16.2. The van der Waals surface area contributed by atoms with E-state index in [9.17, 15) is 9.90 Å². The number of aliphatic imine (C=N–C) groups is 1. The van der Waals surface area contributed by atoms with Gasteiger partial charge in [0.15, 0.2) is 5.96 Å². The number of carbonyl (C=O) groups excluding carboxylic acids is 1. The molecule has 1 fully saturated rings. The Morgan fingerprint density at radius 3 is 2.65 bits per heavy atom. The molecule has 6 nitrogen and oxygen atoms in total. The molecule has 26 heavy (non-hydrogen) atoms. The molecular formula is C20H32N4O2. The SMILES string of the molecule is CCNC(=NCCc1cccc(C(=O)N(C)C)c1)NC1CCC(O)CC1. The second kappa shape index (κ2) is 10.2. The predicted octanol–water partition coefficient (Wildman–Crippen LogP) is 1.79. The minimum Gasteiger partial charge on any atom is -0.393 e. The first-order chi connectivity index (χ1) is 12.5. The van der Waals surface area contributed by atoms with Gasteiger partial charge in [-0.3, -0.25) is 9.79 Å². The van der Waals surface area contributed by atoms with Crippen LogP contribution in [0.15, 0.2) is 29.3 Å². The summed E-state index contributed by atoms with van der Waals surface area (Å²) in [5.74, 6) is 0.847. The molecule has 0 heterocycles. The first-order valence-electron chi connectivity index (χ1n) is 9.53. The number of guanidine groups is 1. The van der Waals surface area contributed by atoms with Crippen molar-refractivity contribution in [2.24, 2.45) is 4.99 Å². The Morgan fingerprint density at radius 2 is 2.00 bits per heavy atom. The third-order valence-electron chi connectivity index (χ3n) is 4.63. The molecule has 0 atom stereocenters. The number of nitrogens with zero attached hydrogens (tertiary/aromatic N) is 2. The van der Waals surface area contributed by atoms with Gasteiger partial charge in [-0.1, -0.05) is 12.1 Å². The molecular weight excluding hydrogens is 328 g/mol. The molecule has 1 aliphatic rings. The molecule has 2 rings (SSSR count). The molecule has 0 saturated heterocycles. The molecule has 1 aromatic carbocycles. The zero-order valence-corrected chi connectivity index (χ0v) is 16.2. The van der Waals surface area contributed by atoms with Gasteiger partial charge in [-0.15, -0.1) is 0 Å². The Labute approximate surface area is 156 Å². The Kier molecular flexibility index (Phi) is 7.91. The fraction of sp³-hybridized carbons (Fsp3) is 0.600. The average Bonchev–Trinajstić information content (AvgIpc) is 2.63. The Morgan fingerprint density at radius 1 is 1.27 bits per heavy atom. The summed E-state index contributed by atoms with van der Waals surface area (Å²) >= 11 is 0. The monoisotopic (exact) mass is 360 g/mol. The lowest BCUT2D eigenvalue weighted by Gasteiger charge is -2.27. The van der Waals surface area contributed by atoms with E-state index in [1.807, 2.05) is 24.3 Å². The minimum atomic E-state index is -0.148. The Bertz CT molecular complexity index is 608. The van der Waals surface area contributed by atoms with Crippen molar-refractivity contribution in [2.75, 3.05) is 27.2 Å². The molecule has 3 N–H and O–H groups in total. The van der Waals surface area contributed by atoms with Crippen molar-refractivity contribution in [3.8, 4) is 0 Å². The first kappa shape index (κ1) is 20.2. The smallest absolute Gasteiger partial charge is 0.253 e. The Balaban J connectivity index is 1.91. The van der Waals surface area contributed by atoms with Crippen molar-refractivity contribution >= 4 is 11.9 Å². The minimum absolute atomic E-state index is 0.0184. The van der Waals surface area contributed by atoms with Crippen LogP contribution in [-0.2, 0) is 6.42 Å². The van der Waals surface area contributed by atoms with E-state index in [1.54, 1.807) is 19.0 Å². The first-order valence-corrected chi connectivity index (χ1v) is 9.53. The van der Waals surface area contributed by atoms with Gasteiger partial charge < -0.3 is 20.6 Å². The highest BCUT2D eigenvalue weighted by atomic mass is 16.3. The van der Waals surface area contributed by atoms with Crippen molar-refractivity contribution in [3.05, 3.63) is 35.4 Å². The molecule has 0 aliphatic heterocycles. The molecule has 0 bridgehead atoms. The molecule has 1 saturated carbocycles.